The summed E-state index contributed by atoms with van der Waals surface area (Å²) in [4.78, 5) is 22.0. The van der Waals surface area contributed by atoms with Crippen LogP contribution in [0.1, 0.15) is 15.9 Å². The van der Waals surface area contributed by atoms with Gasteiger partial charge in [-0.1, -0.05) is 15.9 Å². The molecule has 0 aliphatic rings. The number of benzene rings is 1. The van der Waals surface area contributed by atoms with E-state index in [9.17, 15) is 9.59 Å². The van der Waals surface area contributed by atoms with Crippen molar-refractivity contribution in [1.29, 1.82) is 0 Å². The van der Waals surface area contributed by atoms with Gasteiger partial charge in [0.1, 0.15) is 0 Å². The van der Waals surface area contributed by atoms with Gasteiger partial charge in [-0.25, -0.2) is 0 Å². The molecule has 0 atom stereocenters. The van der Waals surface area contributed by atoms with Crippen LogP contribution >= 0.6 is 15.9 Å². The summed E-state index contributed by atoms with van der Waals surface area (Å²) < 4.78 is 0. The normalized spacial score (nSPS) is 9.73. The summed E-state index contributed by atoms with van der Waals surface area (Å²) in [7, 11) is 0. The molecule has 0 aliphatic carbocycles. The van der Waals surface area contributed by atoms with Gasteiger partial charge in [-0.2, -0.15) is 0 Å². The highest BCUT2D eigenvalue weighted by Crippen LogP contribution is 2.16. The van der Waals surface area contributed by atoms with Gasteiger partial charge < -0.3 is 11.1 Å². The van der Waals surface area contributed by atoms with E-state index in [0.717, 1.165) is 5.56 Å². The molecule has 0 bridgehead atoms. The fraction of sp³-hybridized carbons (Fsp3) is 0.200. The molecule has 1 rings (SSSR count). The lowest BCUT2D eigenvalue weighted by Crippen LogP contribution is -2.15. The fourth-order valence-corrected chi connectivity index (χ4v) is 1.28. The van der Waals surface area contributed by atoms with Crippen LogP contribution in [-0.4, -0.2) is 17.1 Å². The van der Waals surface area contributed by atoms with Gasteiger partial charge in [-0.3, -0.25) is 9.59 Å². The highest BCUT2D eigenvalue weighted by Gasteiger charge is 2.06. The summed E-state index contributed by atoms with van der Waals surface area (Å²) in [6.07, 6.45) is 0. The quantitative estimate of drug-likeness (QED) is 0.816. The Kier molecular flexibility index (Phi) is 3.85. The minimum Gasteiger partial charge on any atom is -0.366 e. The maximum absolute atomic E-state index is 11.1. The highest BCUT2D eigenvalue weighted by atomic mass is 79.9. The first kappa shape index (κ1) is 11.7. The van der Waals surface area contributed by atoms with E-state index >= 15 is 0 Å². The van der Waals surface area contributed by atoms with Gasteiger partial charge in [0.05, 0.1) is 5.33 Å². The number of alkyl halides is 1. The molecule has 1 aromatic rings. The van der Waals surface area contributed by atoms with E-state index in [1.807, 2.05) is 0 Å². The Hall–Kier alpha value is -1.36. The lowest BCUT2D eigenvalue weighted by atomic mass is 10.1. The second-order valence-corrected chi connectivity index (χ2v) is 3.64. The molecule has 3 N–H and O–H groups in total. The number of primary amides is 1. The van der Waals surface area contributed by atoms with E-state index in [1.165, 1.54) is 0 Å². The first-order valence-corrected chi connectivity index (χ1v) is 5.43. The lowest BCUT2D eigenvalue weighted by molar-refractivity contribution is -0.113. The predicted octanol–water partition coefficient (Wildman–Crippen LogP) is 1.43. The predicted molar refractivity (Wildman–Crippen MR) is 62.1 cm³/mol. The van der Waals surface area contributed by atoms with Gasteiger partial charge in [-0.05, 0) is 30.7 Å². The number of anilines is 1. The fourth-order valence-electron chi connectivity index (χ4n) is 1.14. The number of amides is 2. The van der Waals surface area contributed by atoms with Crippen molar-refractivity contribution in [2.24, 2.45) is 5.73 Å². The van der Waals surface area contributed by atoms with Crippen LogP contribution in [0.25, 0.3) is 0 Å². The standard InChI is InChI=1S/C10H11BrN2O2/c1-6-4-7(10(12)15)2-3-8(6)13-9(14)5-11/h2-4H,5H2,1H3,(H2,12,15)(H,13,14). The van der Waals surface area contributed by atoms with Crippen molar-refractivity contribution in [1.82, 2.24) is 0 Å². The number of nitrogens with one attached hydrogen (secondary N) is 1. The summed E-state index contributed by atoms with van der Waals surface area (Å²) in [5.41, 5.74) is 7.05. The van der Waals surface area contributed by atoms with E-state index in [4.69, 9.17) is 5.73 Å². The second-order valence-electron chi connectivity index (χ2n) is 3.08. The van der Waals surface area contributed by atoms with Gasteiger partial charge in [0.15, 0.2) is 0 Å². The Balaban J connectivity index is 2.93. The molecule has 15 heavy (non-hydrogen) atoms. The van der Waals surface area contributed by atoms with Gasteiger partial charge in [0.2, 0.25) is 11.8 Å². The summed E-state index contributed by atoms with van der Waals surface area (Å²) in [6.45, 7) is 1.80. The molecule has 0 saturated carbocycles. The third-order valence-corrected chi connectivity index (χ3v) is 2.42. The molecule has 0 aromatic heterocycles. The Labute approximate surface area is 96.0 Å². The van der Waals surface area contributed by atoms with Crippen LogP contribution < -0.4 is 11.1 Å². The van der Waals surface area contributed by atoms with E-state index in [1.54, 1.807) is 25.1 Å². The number of nitrogens with two attached hydrogens (primary N) is 1. The van der Waals surface area contributed by atoms with E-state index < -0.39 is 5.91 Å². The van der Waals surface area contributed by atoms with Gasteiger partial charge >= 0.3 is 0 Å². The minimum atomic E-state index is -0.475. The smallest absolute Gasteiger partial charge is 0.248 e. The van der Waals surface area contributed by atoms with Crippen LogP contribution in [-0.2, 0) is 4.79 Å². The maximum atomic E-state index is 11.1. The Morgan fingerprint density at radius 2 is 2.13 bits per heavy atom. The number of carbonyl (C=O) groups excluding carboxylic acids is 2. The molecule has 0 aliphatic heterocycles. The molecule has 2 amide bonds. The lowest BCUT2D eigenvalue weighted by Gasteiger charge is -2.07. The minimum absolute atomic E-state index is 0.134. The largest absolute Gasteiger partial charge is 0.366 e. The molecule has 80 valence electrons. The molecule has 0 unspecified atom stereocenters. The summed E-state index contributed by atoms with van der Waals surface area (Å²) >= 11 is 3.05. The van der Waals surface area contributed by atoms with Gasteiger partial charge in [-0.15, -0.1) is 0 Å². The molecule has 4 nitrogen and oxygen atoms in total. The molecular weight excluding hydrogens is 260 g/mol. The van der Waals surface area contributed by atoms with E-state index in [0.29, 0.717) is 11.3 Å². The molecule has 0 radical (unpaired) electrons. The van der Waals surface area contributed by atoms with Crippen LogP contribution in [0, 0.1) is 6.92 Å². The number of halogens is 1. The van der Waals surface area contributed by atoms with Gasteiger partial charge in [0.25, 0.3) is 0 Å². The topological polar surface area (TPSA) is 72.2 Å². The molecule has 0 heterocycles. The van der Waals surface area contributed by atoms with Crippen LogP contribution in [0.3, 0.4) is 0 Å². The summed E-state index contributed by atoms with van der Waals surface area (Å²) in [6, 6.07) is 4.89. The number of hydrogen-bond donors (Lipinski definition) is 2. The zero-order chi connectivity index (χ0) is 11.4. The molecule has 0 fully saturated rings. The molecule has 0 saturated heterocycles. The Morgan fingerprint density at radius 3 is 2.60 bits per heavy atom. The number of hydrogen-bond acceptors (Lipinski definition) is 2. The van der Waals surface area contributed by atoms with Crippen molar-refractivity contribution in [3.63, 3.8) is 0 Å². The monoisotopic (exact) mass is 270 g/mol. The average molecular weight is 271 g/mol. The van der Waals surface area contributed by atoms with Crippen molar-refractivity contribution in [2.75, 3.05) is 10.6 Å². The second kappa shape index (κ2) is 4.93. The third kappa shape index (κ3) is 3.06. The van der Waals surface area contributed by atoms with Crippen LogP contribution in [0.4, 0.5) is 5.69 Å². The van der Waals surface area contributed by atoms with Crippen molar-refractivity contribution in [3.05, 3.63) is 29.3 Å². The molecule has 0 spiro atoms. The zero-order valence-electron chi connectivity index (χ0n) is 8.21. The molecule has 1 aromatic carbocycles. The first-order chi connectivity index (χ1) is 7.04. The summed E-state index contributed by atoms with van der Waals surface area (Å²) in [5.74, 6) is -0.610. The summed E-state index contributed by atoms with van der Waals surface area (Å²) in [5, 5.41) is 2.93. The van der Waals surface area contributed by atoms with Crippen molar-refractivity contribution >= 4 is 33.4 Å². The molecule has 5 heteroatoms. The van der Waals surface area contributed by atoms with Crippen LogP contribution in [0.5, 0.6) is 0 Å². The maximum Gasteiger partial charge on any atom is 0.248 e. The highest BCUT2D eigenvalue weighted by molar-refractivity contribution is 9.09. The van der Waals surface area contributed by atoms with E-state index in [-0.39, 0.29) is 11.2 Å². The van der Waals surface area contributed by atoms with Crippen molar-refractivity contribution < 1.29 is 9.59 Å². The van der Waals surface area contributed by atoms with Gasteiger partial charge in [0, 0.05) is 11.3 Å². The van der Waals surface area contributed by atoms with Crippen molar-refractivity contribution in [2.45, 2.75) is 6.92 Å². The Bertz CT molecular complexity index is 404. The van der Waals surface area contributed by atoms with Crippen LogP contribution in [0.2, 0.25) is 0 Å². The SMILES string of the molecule is Cc1cc(C(N)=O)ccc1NC(=O)CBr. The number of carbonyl (C=O) groups is 2. The first-order valence-electron chi connectivity index (χ1n) is 4.31. The average Bonchev–Trinajstić information content (AvgIpc) is 2.20. The zero-order valence-corrected chi connectivity index (χ0v) is 9.80. The number of rotatable bonds is 3. The van der Waals surface area contributed by atoms with Crippen molar-refractivity contribution in [3.8, 4) is 0 Å². The molecular formula is C10H11BrN2O2. The van der Waals surface area contributed by atoms with Crippen LogP contribution in [0.15, 0.2) is 18.2 Å². The number of aryl methyl sites for hydroxylation is 1. The Morgan fingerprint density at radius 1 is 1.47 bits per heavy atom. The third-order valence-electron chi connectivity index (χ3n) is 1.91. The van der Waals surface area contributed by atoms with E-state index in [2.05, 4.69) is 21.2 Å².